The molecule has 0 saturated carbocycles. The van der Waals surface area contributed by atoms with Gasteiger partial charge in [0.15, 0.2) is 0 Å². The number of nitrogens with zero attached hydrogens (tertiary/aromatic N) is 4. The second kappa shape index (κ2) is 6.90. The summed E-state index contributed by atoms with van der Waals surface area (Å²) in [6.45, 7) is 3.34. The summed E-state index contributed by atoms with van der Waals surface area (Å²) in [5, 5.41) is 7.04. The highest BCUT2D eigenvalue weighted by molar-refractivity contribution is 5.89. The van der Waals surface area contributed by atoms with E-state index < -0.39 is 0 Å². The molecule has 0 aliphatic carbocycles. The van der Waals surface area contributed by atoms with Gasteiger partial charge in [0, 0.05) is 49.6 Å². The number of rotatable bonds is 2. The summed E-state index contributed by atoms with van der Waals surface area (Å²) in [7, 11) is 1.96. The van der Waals surface area contributed by atoms with E-state index in [0.717, 1.165) is 35.4 Å². The first-order chi connectivity index (χ1) is 13.0. The van der Waals surface area contributed by atoms with Gasteiger partial charge in [-0.3, -0.25) is 4.79 Å². The number of hydrogen-bond acceptors (Lipinski definition) is 3. The molecule has 1 saturated heterocycles. The van der Waals surface area contributed by atoms with E-state index >= 15 is 0 Å². The molecule has 4 rings (SSSR count). The maximum Gasteiger partial charge on any atom is 0.321 e. The number of urea groups is 1. The van der Waals surface area contributed by atoms with E-state index in [0.29, 0.717) is 13.1 Å². The van der Waals surface area contributed by atoms with E-state index in [9.17, 15) is 9.59 Å². The lowest BCUT2D eigenvalue weighted by atomic mass is 9.93. The Kier molecular flexibility index (Phi) is 4.43. The smallest absolute Gasteiger partial charge is 0.321 e. The number of aryl methyl sites for hydroxylation is 2. The Morgan fingerprint density at radius 3 is 2.70 bits per heavy atom. The highest BCUT2D eigenvalue weighted by atomic mass is 16.2. The van der Waals surface area contributed by atoms with Crippen LogP contribution < -0.4 is 10.9 Å². The van der Waals surface area contributed by atoms with Crippen LogP contribution in [0.4, 0.5) is 10.5 Å². The summed E-state index contributed by atoms with van der Waals surface area (Å²) in [6.07, 6.45) is 3.30. The predicted octanol–water partition coefficient (Wildman–Crippen LogP) is 2.75. The van der Waals surface area contributed by atoms with Crippen LogP contribution in [0.1, 0.15) is 30.0 Å². The van der Waals surface area contributed by atoms with Crippen molar-refractivity contribution in [1.29, 1.82) is 0 Å². The van der Waals surface area contributed by atoms with Gasteiger partial charge in [-0.25, -0.2) is 4.79 Å². The summed E-state index contributed by atoms with van der Waals surface area (Å²) >= 11 is 0. The lowest BCUT2D eigenvalue weighted by Gasteiger charge is -2.33. The molecule has 27 heavy (non-hydrogen) atoms. The number of carbonyl (C=O) groups excluding carboxylic acids is 1. The first-order valence-corrected chi connectivity index (χ1v) is 9.19. The summed E-state index contributed by atoms with van der Waals surface area (Å²) < 4.78 is 3.44. The number of hydrogen-bond donors (Lipinski definition) is 1. The average Bonchev–Trinajstić information content (AvgIpc) is 3.16. The van der Waals surface area contributed by atoms with E-state index in [1.807, 2.05) is 53.8 Å². The van der Waals surface area contributed by atoms with E-state index in [1.54, 1.807) is 12.3 Å². The maximum absolute atomic E-state index is 12.5. The third-order valence-electron chi connectivity index (χ3n) is 5.30. The number of fused-ring (bicyclic) bond motifs is 1. The first kappa shape index (κ1) is 17.3. The number of aromatic nitrogens is 3. The van der Waals surface area contributed by atoms with Gasteiger partial charge < -0.3 is 14.8 Å². The quantitative estimate of drug-likeness (QED) is 0.759. The fourth-order valence-corrected chi connectivity index (χ4v) is 3.83. The van der Waals surface area contributed by atoms with Crippen LogP contribution in [0.25, 0.3) is 5.65 Å². The van der Waals surface area contributed by atoms with Gasteiger partial charge in [0.05, 0.1) is 6.20 Å². The van der Waals surface area contributed by atoms with Crippen LogP contribution in [-0.2, 0) is 7.05 Å². The van der Waals surface area contributed by atoms with Crippen LogP contribution in [0.2, 0.25) is 0 Å². The monoisotopic (exact) mass is 365 g/mol. The minimum Gasteiger partial charge on any atom is -0.333 e. The second-order valence-electron chi connectivity index (χ2n) is 7.13. The van der Waals surface area contributed by atoms with Gasteiger partial charge in [0.1, 0.15) is 5.65 Å². The first-order valence-electron chi connectivity index (χ1n) is 9.19. The summed E-state index contributed by atoms with van der Waals surface area (Å²) in [4.78, 5) is 26.6. The molecule has 0 radical (unpaired) electrons. The molecule has 0 spiro atoms. The van der Waals surface area contributed by atoms with E-state index in [4.69, 9.17) is 0 Å². The minimum absolute atomic E-state index is 0.0702. The maximum atomic E-state index is 12.5. The van der Waals surface area contributed by atoms with Gasteiger partial charge in [-0.1, -0.05) is 12.1 Å². The lowest BCUT2D eigenvalue weighted by Crippen LogP contribution is -2.41. The Bertz CT molecular complexity index is 1040. The Labute approximate surface area is 157 Å². The third-order valence-corrected chi connectivity index (χ3v) is 5.30. The Morgan fingerprint density at radius 2 is 1.96 bits per heavy atom. The van der Waals surface area contributed by atoms with Gasteiger partial charge in [0.2, 0.25) is 0 Å². The number of likely N-dealkylation sites (tertiary alicyclic amines) is 1. The lowest BCUT2D eigenvalue weighted by molar-refractivity contribution is 0.193. The molecular formula is C20H23N5O2. The normalized spacial score (nSPS) is 15.3. The summed E-state index contributed by atoms with van der Waals surface area (Å²) in [6, 6.07) is 11.2. The molecule has 0 unspecified atom stereocenters. The molecular weight excluding hydrogens is 342 g/mol. The fourth-order valence-electron chi connectivity index (χ4n) is 3.83. The summed E-state index contributed by atoms with van der Waals surface area (Å²) in [5.74, 6) is 0.255. The molecule has 3 aromatic rings. The topological polar surface area (TPSA) is 71.6 Å². The Hall–Kier alpha value is -3.09. The number of amides is 2. The van der Waals surface area contributed by atoms with Crippen LogP contribution in [-0.4, -0.2) is 38.2 Å². The number of nitrogens with one attached hydrogen (secondary N) is 1. The van der Waals surface area contributed by atoms with Crippen molar-refractivity contribution in [2.45, 2.75) is 25.7 Å². The van der Waals surface area contributed by atoms with Crippen molar-refractivity contribution < 1.29 is 4.79 Å². The minimum atomic E-state index is -0.109. The van der Waals surface area contributed by atoms with E-state index in [2.05, 4.69) is 10.4 Å². The number of benzene rings is 1. The standard InChI is InChI=1S/C20H23N5O2/c1-14-4-3-5-16(12-14)22-20(27)24-10-7-15(8-11-24)17-13-19(26)25-18(23(17)2)6-9-21-25/h3-6,9,12-13,15H,7-8,10-11H2,1-2H3,(H,22,27). The van der Waals surface area contributed by atoms with Crippen LogP contribution in [0.3, 0.4) is 0 Å². The SMILES string of the molecule is Cc1cccc(NC(=O)N2CCC(c3cc(=O)n4nccc4n3C)CC2)c1. The molecule has 0 atom stereocenters. The van der Waals surface area contributed by atoms with Crippen LogP contribution in [0.5, 0.6) is 0 Å². The molecule has 2 amide bonds. The Balaban J connectivity index is 1.45. The molecule has 1 aliphatic heterocycles. The van der Waals surface area contributed by atoms with Crippen LogP contribution >= 0.6 is 0 Å². The van der Waals surface area contributed by atoms with Crippen LogP contribution in [0.15, 0.2) is 47.4 Å². The van der Waals surface area contributed by atoms with Gasteiger partial charge in [-0.05, 0) is 37.5 Å². The van der Waals surface area contributed by atoms with Gasteiger partial charge in [-0.2, -0.15) is 9.61 Å². The molecule has 140 valence electrons. The van der Waals surface area contributed by atoms with Crippen LogP contribution in [0, 0.1) is 6.92 Å². The zero-order valence-corrected chi connectivity index (χ0v) is 15.6. The highest BCUT2D eigenvalue weighted by Gasteiger charge is 2.26. The largest absolute Gasteiger partial charge is 0.333 e. The fraction of sp³-hybridized carbons (Fsp3) is 0.350. The van der Waals surface area contributed by atoms with Gasteiger partial charge in [-0.15, -0.1) is 0 Å². The second-order valence-corrected chi connectivity index (χ2v) is 7.13. The van der Waals surface area contributed by atoms with Crippen molar-refractivity contribution in [3.05, 3.63) is 64.2 Å². The third kappa shape index (κ3) is 3.32. The van der Waals surface area contributed by atoms with Gasteiger partial charge in [0.25, 0.3) is 5.56 Å². The van der Waals surface area contributed by atoms with Gasteiger partial charge >= 0.3 is 6.03 Å². The van der Waals surface area contributed by atoms with E-state index in [1.165, 1.54) is 4.52 Å². The van der Waals surface area contributed by atoms with Crippen molar-refractivity contribution in [3.63, 3.8) is 0 Å². The van der Waals surface area contributed by atoms with Crippen molar-refractivity contribution in [1.82, 2.24) is 19.1 Å². The van der Waals surface area contributed by atoms with Crippen molar-refractivity contribution >= 4 is 17.4 Å². The number of carbonyl (C=O) groups is 1. The van der Waals surface area contributed by atoms with E-state index in [-0.39, 0.29) is 17.5 Å². The Morgan fingerprint density at radius 1 is 1.19 bits per heavy atom. The predicted molar refractivity (Wildman–Crippen MR) is 104 cm³/mol. The molecule has 1 aliphatic rings. The highest BCUT2D eigenvalue weighted by Crippen LogP contribution is 2.28. The van der Waals surface area contributed by atoms with Crippen molar-refractivity contribution in [3.8, 4) is 0 Å². The molecule has 1 N–H and O–H groups in total. The van der Waals surface area contributed by atoms with Crippen molar-refractivity contribution in [2.75, 3.05) is 18.4 Å². The number of anilines is 1. The van der Waals surface area contributed by atoms with Crippen molar-refractivity contribution in [2.24, 2.45) is 7.05 Å². The molecule has 1 fully saturated rings. The zero-order chi connectivity index (χ0) is 19.0. The average molecular weight is 365 g/mol. The molecule has 7 heteroatoms. The summed E-state index contributed by atoms with van der Waals surface area (Å²) in [5.41, 5.74) is 3.62. The molecule has 1 aromatic carbocycles. The molecule has 3 heterocycles. The molecule has 2 aromatic heterocycles. The number of piperidine rings is 1. The zero-order valence-electron chi connectivity index (χ0n) is 15.6. The molecule has 0 bridgehead atoms. The molecule has 7 nitrogen and oxygen atoms in total.